The van der Waals surface area contributed by atoms with E-state index in [0.717, 1.165) is 22.8 Å². The Morgan fingerprint density at radius 2 is 2.19 bits per heavy atom. The van der Waals surface area contributed by atoms with Gasteiger partial charge in [-0.15, -0.1) is 0 Å². The SMILES string of the molecule is CCSCC(C)Nc1cc(Cl)c(N)cc1C. The Hall–Kier alpha value is -0.540. The highest BCUT2D eigenvalue weighted by molar-refractivity contribution is 7.99. The van der Waals surface area contributed by atoms with E-state index in [9.17, 15) is 0 Å². The summed E-state index contributed by atoms with van der Waals surface area (Å²) in [6.07, 6.45) is 0. The second-order valence-corrected chi connectivity index (χ2v) is 5.62. The second-order valence-electron chi connectivity index (χ2n) is 3.89. The average molecular weight is 259 g/mol. The molecule has 0 aliphatic rings. The number of rotatable bonds is 5. The zero-order valence-corrected chi connectivity index (χ0v) is 11.6. The van der Waals surface area contributed by atoms with Gasteiger partial charge in [0.05, 0.1) is 10.7 Å². The lowest BCUT2D eigenvalue weighted by atomic mass is 10.1. The van der Waals surface area contributed by atoms with E-state index < -0.39 is 0 Å². The Labute approximate surface area is 107 Å². The van der Waals surface area contributed by atoms with E-state index in [2.05, 4.69) is 19.2 Å². The van der Waals surface area contributed by atoms with Crippen molar-refractivity contribution in [2.45, 2.75) is 26.8 Å². The highest BCUT2D eigenvalue weighted by Gasteiger charge is 2.06. The summed E-state index contributed by atoms with van der Waals surface area (Å²) in [5.41, 5.74) is 8.58. The summed E-state index contributed by atoms with van der Waals surface area (Å²) in [4.78, 5) is 0. The number of nitrogens with two attached hydrogens (primary N) is 1. The molecule has 1 atom stereocenters. The summed E-state index contributed by atoms with van der Waals surface area (Å²) in [6, 6.07) is 4.24. The second kappa shape index (κ2) is 6.26. The number of halogens is 1. The Balaban J connectivity index is 2.69. The van der Waals surface area contributed by atoms with Gasteiger partial charge in [0, 0.05) is 17.5 Å². The Morgan fingerprint density at radius 1 is 1.50 bits per heavy atom. The quantitative estimate of drug-likeness (QED) is 0.790. The van der Waals surface area contributed by atoms with Gasteiger partial charge in [0.15, 0.2) is 0 Å². The molecular weight excluding hydrogens is 240 g/mol. The smallest absolute Gasteiger partial charge is 0.0656 e. The molecule has 0 saturated heterocycles. The van der Waals surface area contributed by atoms with E-state index in [1.165, 1.54) is 0 Å². The molecule has 1 aromatic rings. The molecule has 0 heterocycles. The van der Waals surface area contributed by atoms with Gasteiger partial charge in [0.25, 0.3) is 0 Å². The molecule has 2 nitrogen and oxygen atoms in total. The fraction of sp³-hybridized carbons (Fsp3) is 0.500. The van der Waals surface area contributed by atoms with Crippen molar-refractivity contribution in [3.8, 4) is 0 Å². The van der Waals surface area contributed by atoms with E-state index in [1.54, 1.807) is 0 Å². The van der Waals surface area contributed by atoms with Crippen LogP contribution >= 0.6 is 23.4 Å². The van der Waals surface area contributed by atoms with Crippen molar-refractivity contribution in [1.29, 1.82) is 0 Å². The zero-order valence-electron chi connectivity index (χ0n) is 10.0. The highest BCUT2D eigenvalue weighted by atomic mass is 35.5. The first-order valence-electron chi connectivity index (χ1n) is 5.44. The number of hydrogen-bond donors (Lipinski definition) is 2. The van der Waals surface area contributed by atoms with Crippen molar-refractivity contribution < 1.29 is 0 Å². The van der Waals surface area contributed by atoms with E-state index >= 15 is 0 Å². The molecule has 0 saturated carbocycles. The molecule has 4 heteroatoms. The van der Waals surface area contributed by atoms with Crippen molar-refractivity contribution in [2.24, 2.45) is 0 Å². The molecule has 1 aromatic carbocycles. The number of hydrogen-bond acceptors (Lipinski definition) is 3. The number of nitrogens with one attached hydrogen (secondary N) is 1. The predicted octanol–water partition coefficient (Wildman–Crippen LogP) is 3.78. The van der Waals surface area contributed by atoms with Gasteiger partial charge in [-0.25, -0.2) is 0 Å². The Kier molecular flexibility index (Phi) is 5.29. The highest BCUT2D eigenvalue weighted by Crippen LogP contribution is 2.27. The molecule has 0 fully saturated rings. The van der Waals surface area contributed by atoms with Crippen molar-refractivity contribution in [1.82, 2.24) is 0 Å². The van der Waals surface area contributed by atoms with E-state index in [-0.39, 0.29) is 0 Å². The van der Waals surface area contributed by atoms with Crippen LogP contribution in [0.1, 0.15) is 19.4 Å². The lowest BCUT2D eigenvalue weighted by Crippen LogP contribution is -2.18. The van der Waals surface area contributed by atoms with E-state index in [4.69, 9.17) is 17.3 Å². The third kappa shape index (κ3) is 3.80. The lowest BCUT2D eigenvalue weighted by molar-refractivity contribution is 0.911. The normalized spacial score (nSPS) is 12.5. The van der Waals surface area contributed by atoms with Gasteiger partial charge in [0.1, 0.15) is 0 Å². The summed E-state index contributed by atoms with van der Waals surface area (Å²) in [6.45, 7) is 6.38. The van der Waals surface area contributed by atoms with Crippen LogP contribution in [0, 0.1) is 6.92 Å². The monoisotopic (exact) mass is 258 g/mol. The van der Waals surface area contributed by atoms with Gasteiger partial charge in [-0.05, 0) is 37.3 Å². The topological polar surface area (TPSA) is 38.0 Å². The molecule has 1 rings (SSSR count). The molecule has 0 amide bonds. The van der Waals surface area contributed by atoms with E-state index in [0.29, 0.717) is 16.8 Å². The van der Waals surface area contributed by atoms with Crippen LogP contribution < -0.4 is 11.1 Å². The molecule has 3 N–H and O–H groups in total. The first-order valence-corrected chi connectivity index (χ1v) is 6.97. The van der Waals surface area contributed by atoms with Gasteiger partial charge in [-0.1, -0.05) is 18.5 Å². The number of benzene rings is 1. The van der Waals surface area contributed by atoms with Crippen molar-refractivity contribution in [3.63, 3.8) is 0 Å². The maximum Gasteiger partial charge on any atom is 0.0656 e. The Morgan fingerprint density at radius 3 is 2.81 bits per heavy atom. The van der Waals surface area contributed by atoms with Crippen LogP contribution in [0.4, 0.5) is 11.4 Å². The van der Waals surface area contributed by atoms with Crippen LogP contribution in [0.15, 0.2) is 12.1 Å². The van der Waals surface area contributed by atoms with Crippen LogP contribution in [0.3, 0.4) is 0 Å². The number of nitrogen functional groups attached to an aromatic ring is 1. The van der Waals surface area contributed by atoms with Crippen LogP contribution in [0.25, 0.3) is 0 Å². The first-order chi connectivity index (χ1) is 7.54. The fourth-order valence-corrected chi connectivity index (χ4v) is 2.30. The molecule has 1 unspecified atom stereocenters. The fourth-order valence-electron chi connectivity index (χ4n) is 1.46. The first kappa shape index (κ1) is 13.5. The number of thioether (sulfide) groups is 1. The molecule has 0 bridgehead atoms. The largest absolute Gasteiger partial charge is 0.398 e. The minimum atomic E-state index is 0.434. The number of anilines is 2. The molecule has 0 aliphatic carbocycles. The predicted molar refractivity (Wildman–Crippen MR) is 76.7 cm³/mol. The minimum absolute atomic E-state index is 0.434. The van der Waals surface area contributed by atoms with E-state index in [1.807, 2.05) is 30.8 Å². The number of aryl methyl sites for hydroxylation is 1. The van der Waals surface area contributed by atoms with Crippen LogP contribution in [-0.4, -0.2) is 17.5 Å². The molecular formula is C12H19ClN2S. The summed E-state index contributed by atoms with van der Waals surface area (Å²) in [5, 5.41) is 4.07. The maximum atomic E-state index is 6.00. The summed E-state index contributed by atoms with van der Waals surface area (Å²) in [5.74, 6) is 2.24. The van der Waals surface area contributed by atoms with Gasteiger partial charge in [-0.3, -0.25) is 0 Å². The average Bonchev–Trinajstić information content (AvgIpc) is 2.23. The minimum Gasteiger partial charge on any atom is -0.398 e. The molecule has 0 spiro atoms. The van der Waals surface area contributed by atoms with Crippen molar-refractivity contribution in [2.75, 3.05) is 22.6 Å². The standard InChI is InChI=1S/C12H19ClN2S/c1-4-16-7-9(3)15-12-6-10(13)11(14)5-8(12)2/h5-6,9,15H,4,7,14H2,1-3H3. The third-order valence-electron chi connectivity index (χ3n) is 2.32. The van der Waals surface area contributed by atoms with Crippen LogP contribution in [0.2, 0.25) is 5.02 Å². The van der Waals surface area contributed by atoms with Gasteiger partial charge >= 0.3 is 0 Å². The zero-order chi connectivity index (χ0) is 12.1. The summed E-state index contributed by atoms with van der Waals surface area (Å²) in [7, 11) is 0. The molecule has 16 heavy (non-hydrogen) atoms. The van der Waals surface area contributed by atoms with Crippen LogP contribution in [-0.2, 0) is 0 Å². The maximum absolute atomic E-state index is 6.00. The molecule has 0 radical (unpaired) electrons. The Bertz CT molecular complexity index is 355. The van der Waals surface area contributed by atoms with Gasteiger partial charge in [-0.2, -0.15) is 11.8 Å². The van der Waals surface area contributed by atoms with Crippen molar-refractivity contribution in [3.05, 3.63) is 22.7 Å². The van der Waals surface area contributed by atoms with Gasteiger partial charge in [0.2, 0.25) is 0 Å². The van der Waals surface area contributed by atoms with Crippen LogP contribution in [0.5, 0.6) is 0 Å². The van der Waals surface area contributed by atoms with Crippen molar-refractivity contribution >= 4 is 34.7 Å². The van der Waals surface area contributed by atoms with Gasteiger partial charge < -0.3 is 11.1 Å². The molecule has 0 aromatic heterocycles. The summed E-state index contributed by atoms with van der Waals surface area (Å²) >= 11 is 7.93. The summed E-state index contributed by atoms with van der Waals surface area (Å²) < 4.78 is 0. The third-order valence-corrected chi connectivity index (χ3v) is 3.79. The molecule has 0 aliphatic heterocycles. The lowest BCUT2D eigenvalue weighted by Gasteiger charge is -2.17. The molecule has 90 valence electrons.